The van der Waals surface area contributed by atoms with E-state index in [4.69, 9.17) is 9.47 Å². The summed E-state index contributed by atoms with van der Waals surface area (Å²) < 4.78 is 10.6. The topological polar surface area (TPSA) is 38.7 Å². The largest absolute Gasteiger partial charge is 0.507 e. The molecule has 0 saturated heterocycles. The first-order valence-electron chi connectivity index (χ1n) is 8.48. The Balaban J connectivity index is 1.85. The number of aromatic hydroxyl groups is 1. The molecule has 1 fully saturated rings. The number of rotatable bonds is 3. The molecule has 0 bridgehead atoms. The smallest absolute Gasteiger partial charge is 0.126 e. The van der Waals surface area contributed by atoms with Crippen molar-refractivity contribution >= 4 is 11.6 Å². The van der Waals surface area contributed by atoms with Crippen molar-refractivity contribution in [3.8, 4) is 17.2 Å². The zero-order valence-electron chi connectivity index (χ0n) is 14.1. The Morgan fingerprint density at radius 1 is 0.917 bits per heavy atom. The first-order valence-corrected chi connectivity index (χ1v) is 8.48. The Bertz CT molecular complexity index is 789. The summed E-state index contributed by atoms with van der Waals surface area (Å²) in [5, 5.41) is 10.5. The summed E-state index contributed by atoms with van der Waals surface area (Å²) in [6.07, 6.45) is 5.75. The minimum Gasteiger partial charge on any atom is -0.507 e. The lowest BCUT2D eigenvalue weighted by atomic mass is 9.74. The highest BCUT2D eigenvalue weighted by Gasteiger charge is 2.37. The third kappa shape index (κ3) is 2.35. The van der Waals surface area contributed by atoms with Gasteiger partial charge in [0.25, 0.3) is 0 Å². The van der Waals surface area contributed by atoms with Crippen LogP contribution >= 0.6 is 0 Å². The van der Waals surface area contributed by atoms with E-state index in [1.165, 1.54) is 29.5 Å². The quantitative estimate of drug-likeness (QED) is 0.878. The van der Waals surface area contributed by atoms with Crippen molar-refractivity contribution in [2.24, 2.45) is 5.92 Å². The molecule has 0 unspecified atom stereocenters. The molecule has 2 aliphatic carbocycles. The molecule has 1 N–H and O–H groups in total. The minimum atomic E-state index is 0.306. The van der Waals surface area contributed by atoms with E-state index >= 15 is 0 Å². The highest BCUT2D eigenvalue weighted by atomic mass is 16.5. The molecule has 0 aromatic heterocycles. The fourth-order valence-corrected chi connectivity index (χ4v) is 4.26. The molecule has 2 atom stereocenters. The molecule has 124 valence electrons. The van der Waals surface area contributed by atoms with Gasteiger partial charge in [0.05, 0.1) is 14.2 Å². The van der Waals surface area contributed by atoms with Crippen molar-refractivity contribution in [2.75, 3.05) is 14.2 Å². The Kier molecular flexibility index (Phi) is 3.72. The Labute approximate surface area is 142 Å². The monoisotopic (exact) mass is 322 g/mol. The van der Waals surface area contributed by atoms with E-state index in [-0.39, 0.29) is 0 Å². The minimum absolute atomic E-state index is 0.306. The van der Waals surface area contributed by atoms with Gasteiger partial charge < -0.3 is 14.6 Å². The lowest BCUT2D eigenvalue weighted by Gasteiger charge is -2.30. The molecule has 0 amide bonds. The Morgan fingerprint density at radius 3 is 2.33 bits per heavy atom. The lowest BCUT2D eigenvalue weighted by molar-refractivity contribution is 0.405. The third-order valence-corrected chi connectivity index (χ3v) is 5.44. The molecule has 0 heterocycles. The summed E-state index contributed by atoms with van der Waals surface area (Å²) in [6.45, 7) is 0. The molecular weight excluding hydrogens is 300 g/mol. The molecule has 0 radical (unpaired) electrons. The SMILES string of the molecule is COc1ccc(C2=Cc3c(O)cc(OC)cc3[C@@H]3CCC[C@H]23)cc1. The van der Waals surface area contributed by atoms with Gasteiger partial charge in [0.15, 0.2) is 0 Å². The zero-order chi connectivity index (χ0) is 16.7. The fourth-order valence-electron chi connectivity index (χ4n) is 4.26. The molecule has 24 heavy (non-hydrogen) atoms. The second-order valence-corrected chi connectivity index (χ2v) is 6.62. The van der Waals surface area contributed by atoms with Crippen molar-refractivity contribution < 1.29 is 14.6 Å². The van der Waals surface area contributed by atoms with E-state index in [0.717, 1.165) is 23.5 Å². The average Bonchev–Trinajstić information content (AvgIpc) is 3.11. The lowest BCUT2D eigenvalue weighted by Crippen LogP contribution is -2.14. The van der Waals surface area contributed by atoms with Crippen LogP contribution in [0.1, 0.15) is 41.9 Å². The number of ether oxygens (including phenoxy) is 2. The summed E-state index contributed by atoms with van der Waals surface area (Å²) in [7, 11) is 3.33. The van der Waals surface area contributed by atoms with Crippen LogP contribution in [0.25, 0.3) is 11.6 Å². The molecule has 2 aliphatic rings. The number of methoxy groups -OCH3 is 2. The van der Waals surface area contributed by atoms with Crippen LogP contribution in [-0.2, 0) is 0 Å². The number of allylic oxidation sites excluding steroid dienone is 1. The van der Waals surface area contributed by atoms with Crippen LogP contribution < -0.4 is 9.47 Å². The maximum absolute atomic E-state index is 10.5. The van der Waals surface area contributed by atoms with E-state index in [1.54, 1.807) is 20.3 Å². The van der Waals surface area contributed by atoms with E-state index in [9.17, 15) is 5.11 Å². The van der Waals surface area contributed by atoms with Crippen LogP contribution in [0.2, 0.25) is 0 Å². The molecule has 4 rings (SSSR count). The summed E-state index contributed by atoms with van der Waals surface area (Å²) >= 11 is 0. The zero-order valence-corrected chi connectivity index (χ0v) is 14.1. The van der Waals surface area contributed by atoms with E-state index in [1.807, 2.05) is 12.1 Å². The molecule has 0 spiro atoms. The Hall–Kier alpha value is -2.42. The predicted octanol–water partition coefficient (Wildman–Crippen LogP) is 4.85. The molecular formula is C21H22O3. The maximum atomic E-state index is 10.5. The number of benzene rings is 2. The second-order valence-electron chi connectivity index (χ2n) is 6.62. The highest BCUT2D eigenvalue weighted by molar-refractivity contribution is 5.88. The van der Waals surface area contributed by atoms with Crippen molar-refractivity contribution in [1.29, 1.82) is 0 Å². The second kappa shape index (κ2) is 5.90. The van der Waals surface area contributed by atoms with Gasteiger partial charge in [-0.3, -0.25) is 0 Å². The van der Waals surface area contributed by atoms with E-state index in [2.05, 4.69) is 24.3 Å². The van der Waals surface area contributed by atoms with Gasteiger partial charge in [-0.1, -0.05) is 18.6 Å². The first-order chi connectivity index (χ1) is 11.7. The normalized spacial score (nSPS) is 21.7. The van der Waals surface area contributed by atoms with Crippen molar-refractivity contribution in [1.82, 2.24) is 0 Å². The Morgan fingerprint density at radius 2 is 1.62 bits per heavy atom. The molecule has 2 aromatic rings. The van der Waals surface area contributed by atoms with Gasteiger partial charge in [-0.15, -0.1) is 0 Å². The number of fused-ring (bicyclic) bond motifs is 3. The van der Waals surface area contributed by atoms with Gasteiger partial charge in [-0.25, -0.2) is 0 Å². The molecule has 3 nitrogen and oxygen atoms in total. The van der Waals surface area contributed by atoms with Gasteiger partial charge in [0, 0.05) is 11.6 Å². The van der Waals surface area contributed by atoms with Crippen LogP contribution in [0, 0.1) is 5.92 Å². The molecule has 1 saturated carbocycles. The summed E-state index contributed by atoms with van der Waals surface area (Å²) in [4.78, 5) is 0. The summed E-state index contributed by atoms with van der Waals surface area (Å²) in [6, 6.07) is 12.0. The number of phenolic OH excluding ortho intramolecular Hbond substituents is 1. The van der Waals surface area contributed by atoms with Crippen LogP contribution in [-0.4, -0.2) is 19.3 Å². The number of hydrogen-bond acceptors (Lipinski definition) is 3. The van der Waals surface area contributed by atoms with Gasteiger partial charge >= 0.3 is 0 Å². The predicted molar refractivity (Wildman–Crippen MR) is 95.6 cm³/mol. The van der Waals surface area contributed by atoms with Crippen LogP contribution in [0.15, 0.2) is 36.4 Å². The van der Waals surface area contributed by atoms with E-state index in [0.29, 0.717) is 17.6 Å². The van der Waals surface area contributed by atoms with Gasteiger partial charge in [-0.2, -0.15) is 0 Å². The van der Waals surface area contributed by atoms with E-state index < -0.39 is 0 Å². The first kappa shape index (κ1) is 15.1. The van der Waals surface area contributed by atoms with Crippen molar-refractivity contribution in [2.45, 2.75) is 25.2 Å². The third-order valence-electron chi connectivity index (χ3n) is 5.44. The van der Waals surface area contributed by atoms with Gasteiger partial charge in [0.1, 0.15) is 17.2 Å². The molecule has 3 heteroatoms. The van der Waals surface area contributed by atoms with Crippen molar-refractivity contribution in [3.63, 3.8) is 0 Å². The fraction of sp³-hybridized carbons (Fsp3) is 0.333. The van der Waals surface area contributed by atoms with Crippen LogP contribution in [0.3, 0.4) is 0 Å². The number of phenols is 1. The molecule has 2 aromatic carbocycles. The van der Waals surface area contributed by atoms with Crippen LogP contribution in [0.4, 0.5) is 0 Å². The highest BCUT2D eigenvalue weighted by Crippen LogP contribution is 2.53. The standard InChI is InChI=1S/C21H22O3/c1-23-14-8-6-13(7-9-14)18-12-20-19(17-5-3-4-16(17)18)10-15(24-2)11-21(20)22/h6-12,16-17,22H,3-5H2,1-2H3/t16-,17+/m0/s1. The van der Waals surface area contributed by atoms with Crippen LogP contribution in [0.5, 0.6) is 17.2 Å². The average molecular weight is 322 g/mol. The summed E-state index contributed by atoms with van der Waals surface area (Å²) in [5.41, 5.74) is 4.72. The molecule has 0 aliphatic heterocycles. The maximum Gasteiger partial charge on any atom is 0.126 e. The van der Waals surface area contributed by atoms with Gasteiger partial charge in [-0.05, 0) is 65.7 Å². The summed E-state index contributed by atoms with van der Waals surface area (Å²) in [5.74, 6) is 2.88. The van der Waals surface area contributed by atoms with Gasteiger partial charge in [0.2, 0.25) is 0 Å². The van der Waals surface area contributed by atoms with Crippen molar-refractivity contribution in [3.05, 3.63) is 53.1 Å². The number of hydrogen-bond donors (Lipinski definition) is 1.